The minimum absolute atomic E-state index is 0.463. The highest BCUT2D eigenvalue weighted by Gasteiger charge is 2.14. The van der Waals surface area contributed by atoms with Crippen LogP contribution in [0.15, 0.2) is 30.5 Å². The van der Waals surface area contributed by atoms with Crippen molar-refractivity contribution in [3.63, 3.8) is 0 Å². The molecule has 0 bridgehead atoms. The zero-order valence-corrected chi connectivity index (χ0v) is 14.7. The Morgan fingerprint density at radius 3 is 2.92 bits per heavy atom. The fraction of sp³-hybridized carbons (Fsp3) is 0.444. The van der Waals surface area contributed by atoms with Crippen molar-refractivity contribution < 1.29 is 4.74 Å². The monoisotopic (exact) mass is 342 g/mol. The highest BCUT2D eigenvalue weighted by atomic mass is 32.1. The quantitative estimate of drug-likeness (QED) is 0.684. The van der Waals surface area contributed by atoms with E-state index in [0.717, 1.165) is 30.3 Å². The van der Waals surface area contributed by atoms with Crippen LogP contribution in [0.25, 0.3) is 16.2 Å². The average molecular weight is 342 g/mol. The summed E-state index contributed by atoms with van der Waals surface area (Å²) < 4.78 is 7.79. The second kappa shape index (κ2) is 6.91. The Balaban J connectivity index is 1.44. The number of aryl methyl sites for hydroxylation is 1. The Labute approximate surface area is 145 Å². The van der Waals surface area contributed by atoms with E-state index in [0.29, 0.717) is 6.10 Å². The SMILES string of the molecule is Cc1ccc(-c2cnc3ccc(NCCOC4CCCC4)nn23)s1. The number of hydrogen-bond donors (Lipinski definition) is 1. The lowest BCUT2D eigenvalue weighted by molar-refractivity contribution is 0.0658. The standard InChI is InChI=1S/C18H22N4OS/c1-13-6-7-16(24-13)15-12-20-18-9-8-17(21-22(15)18)19-10-11-23-14-4-2-3-5-14/h6-9,12,14H,2-5,10-11H2,1H3,(H,19,21). The number of fused-ring (bicyclic) bond motifs is 1. The first-order valence-electron chi connectivity index (χ1n) is 8.57. The summed E-state index contributed by atoms with van der Waals surface area (Å²) in [6, 6.07) is 8.22. The van der Waals surface area contributed by atoms with Gasteiger partial charge < -0.3 is 10.1 Å². The molecule has 1 aliphatic carbocycles. The Bertz CT molecular complexity index is 819. The van der Waals surface area contributed by atoms with Crippen LogP contribution in [0.1, 0.15) is 30.6 Å². The van der Waals surface area contributed by atoms with Gasteiger partial charge in [0.1, 0.15) is 11.5 Å². The number of hydrogen-bond acceptors (Lipinski definition) is 5. The van der Waals surface area contributed by atoms with E-state index in [4.69, 9.17) is 4.74 Å². The van der Waals surface area contributed by atoms with Crippen LogP contribution in [-0.4, -0.2) is 33.9 Å². The van der Waals surface area contributed by atoms with Crippen molar-refractivity contribution in [1.29, 1.82) is 0 Å². The van der Waals surface area contributed by atoms with Gasteiger partial charge in [-0.3, -0.25) is 0 Å². The van der Waals surface area contributed by atoms with Gasteiger partial charge >= 0.3 is 0 Å². The highest BCUT2D eigenvalue weighted by Crippen LogP contribution is 2.28. The summed E-state index contributed by atoms with van der Waals surface area (Å²) in [5, 5.41) is 8.04. The van der Waals surface area contributed by atoms with Gasteiger partial charge in [-0.05, 0) is 44.0 Å². The largest absolute Gasteiger partial charge is 0.376 e. The molecule has 0 aromatic carbocycles. The predicted octanol–water partition coefficient (Wildman–Crippen LogP) is 4.14. The van der Waals surface area contributed by atoms with Crippen LogP contribution < -0.4 is 5.32 Å². The smallest absolute Gasteiger partial charge is 0.154 e. The van der Waals surface area contributed by atoms with Gasteiger partial charge in [-0.15, -0.1) is 16.4 Å². The van der Waals surface area contributed by atoms with E-state index in [-0.39, 0.29) is 0 Å². The maximum absolute atomic E-state index is 5.89. The van der Waals surface area contributed by atoms with Crippen molar-refractivity contribution in [1.82, 2.24) is 14.6 Å². The fourth-order valence-corrected chi connectivity index (χ4v) is 4.03. The molecule has 3 heterocycles. The number of thiophene rings is 1. The van der Waals surface area contributed by atoms with Gasteiger partial charge in [0.15, 0.2) is 5.65 Å². The summed E-state index contributed by atoms with van der Waals surface area (Å²) in [5.74, 6) is 0.852. The molecule has 0 saturated heterocycles. The summed E-state index contributed by atoms with van der Waals surface area (Å²) in [4.78, 5) is 6.93. The molecule has 0 atom stereocenters. The van der Waals surface area contributed by atoms with E-state index >= 15 is 0 Å². The number of nitrogens with one attached hydrogen (secondary N) is 1. The molecule has 126 valence electrons. The summed E-state index contributed by atoms with van der Waals surface area (Å²) >= 11 is 1.76. The van der Waals surface area contributed by atoms with Gasteiger partial charge in [0.05, 0.1) is 23.8 Å². The minimum Gasteiger partial charge on any atom is -0.376 e. The molecule has 4 rings (SSSR count). The molecule has 0 spiro atoms. The summed E-state index contributed by atoms with van der Waals surface area (Å²) in [7, 11) is 0. The zero-order chi connectivity index (χ0) is 16.4. The van der Waals surface area contributed by atoms with E-state index in [1.165, 1.54) is 35.4 Å². The molecular formula is C18H22N4OS. The predicted molar refractivity (Wildman–Crippen MR) is 97.7 cm³/mol. The fourth-order valence-electron chi connectivity index (χ4n) is 3.17. The molecule has 1 saturated carbocycles. The molecule has 1 fully saturated rings. The number of imidazole rings is 1. The third-order valence-electron chi connectivity index (χ3n) is 4.42. The normalized spacial score (nSPS) is 15.4. The number of ether oxygens (including phenoxy) is 1. The number of rotatable bonds is 6. The van der Waals surface area contributed by atoms with Crippen LogP contribution in [0.4, 0.5) is 5.82 Å². The molecule has 3 aromatic heterocycles. The summed E-state index contributed by atoms with van der Waals surface area (Å²) in [6.45, 7) is 3.62. The molecular weight excluding hydrogens is 320 g/mol. The van der Waals surface area contributed by atoms with Crippen molar-refractivity contribution >= 4 is 22.8 Å². The maximum Gasteiger partial charge on any atom is 0.154 e. The molecule has 1 aliphatic rings. The van der Waals surface area contributed by atoms with Gasteiger partial charge in [0, 0.05) is 11.4 Å². The number of anilines is 1. The van der Waals surface area contributed by atoms with E-state index in [1.807, 2.05) is 22.8 Å². The maximum atomic E-state index is 5.89. The van der Waals surface area contributed by atoms with Gasteiger partial charge in [-0.25, -0.2) is 9.50 Å². The lowest BCUT2D eigenvalue weighted by atomic mass is 10.3. The van der Waals surface area contributed by atoms with Crippen molar-refractivity contribution in [3.05, 3.63) is 35.3 Å². The van der Waals surface area contributed by atoms with E-state index in [2.05, 4.69) is 34.5 Å². The van der Waals surface area contributed by atoms with Crippen molar-refractivity contribution in [2.75, 3.05) is 18.5 Å². The lowest BCUT2D eigenvalue weighted by Gasteiger charge is -2.11. The van der Waals surface area contributed by atoms with Crippen molar-refractivity contribution in [3.8, 4) is 10.6 Å². The van der Waals surface area contributed by atoms with E-state index in [9.17, 15) is 0 Å². The van der Waals surface area contributed by atoms with Crippen molar-refractivity contribution in [2.24, 2.45) is 0 Å². The molecule has 0 amide bonds. The molecule has 0 radical (unpaired) electrons. The second-order valence-corrected chi connectivity index (χ2v) is 7.53. The van der Waals surface area contributed by atoms with Gasteiger partial charge in [-0.2, -0.15) is 0 Å². The third kappa shape index (κ3) is 3.30. The molecule has 5 nitrogen and oxygen atoms in total. The number of aromatic nitrogens is 3. The Morgan fingerprint density at radius 1 is 1.25 bits per heavy atom. The van der Waals surface area contributed by atoms with Crippen LogP contribution in [0.2, 0.25) is 0 Å². The first-order chi connectivity index (χ1) is 11.8. The molecule has 0 aliphatic heterocycles. The molecule has 1 N–H and O–H groups in total. The first-order valence-corrected chi connectivity index (χ1v) is 9.38. The minimum atomic E-state index is 0.463. The van der Waals surface area contributed by atoms with Crippen LogP contribution in [0, 0.1) is 6.92 Å². The van der Waals surface area contributed by atoms with Gasteiger partial charge in [-0.1, -0.05) is 12.8 Å². The van der Waals surface area contributed by atoms with Crippen LogP contribution >= 0.6 is 11.3 Å². The average Bonchev–Trinajstić information content (AvgIpc) is 3.31. The summed E-state index contributed by atoms with van der Waals surface area (Å²) in [6.07, 6.45) is 7.39. The molecule has 6 heteroatoms. The first kappa shape index (κ1) is 15.6. The van der Waals surface area contributed by atoms with Crippen molar-refractivity contribution in [2.45, 2.75) is 38.7 Å². The Morgan fingerprint density at radius 2 is 2.12 bits per heavy atom. The van der Waals surface area contributed by atoms with Crippen LogP contribution in [0.5, 0.6) is 0 Å². The highest BCUT2D eigenvalue weighted by molar-refractivity contribution is 7.15. The van der Waals surface area contributed by atoms with E-state index < -0.39 is 0 Å². The van der Waals surface area contributed by atoms with E-state index in [1.54, 1.807) is 11.3 Å². The summed E-state index contributed by atoms with van der Waals surface area (Å²) in [5.41, 5.74) is 1.90. The topological polar surface area (TPSA) is 51.5 Å². The Kier molecular flexibility index (Phi) is 4.49. The molecule has 0 unspecified atom stereocenters. The third-order valence-corrected chi connectivity index (χ3v) is 5.44. The number of nitrogens with zero attached hydrogens (tertiary/aromatic N) is 3. The lowest BCUT2D eigenvalue weighted by Crippen LogP contribution is -2.16. The van der Waals surface area contributed by atoms with Crippen LogP contribution in [-0.2, 0) is 4.74 Å². The van der Waals surface area contributed by atoms with Gasteiger partial charge in [0.2, 0.25) is 0 Å². The van der Waals surface area contributed by atoms with Crippen LogP contribution in [0.3, 0.4) is 0 Å². The second-order valence-electron chi connectivity index (χ2n) is 6.25. The van der Waals surface area contributed by atoms with Gasteiger partial charge in [0.25, 0.3) is 0 Å². The zero-order valence-electron chi connectivity index (χ0n) is 13.9. The molecule has 24 heavy (non-hydrogen) atoms. The Hall–Kier alpha value is -1.92. The molecule has 3 aromatic rings.